The summed E-state index contributed by atoms with van der Waals surface area (Å²) < 4.78 is 6.52. The van der Waals surface area contributed by atoms with Gasteiger partial charge >= 0.3 is 0 Å². The van der Waals surface area contributed by atoms with E-state index in [1.807, 2.05) is 12.1 Å². The molecule has 1 unspecified atom stereocenters. The Morgan fingerprint density at radius 1 is 0.542 bits per heavy atom. The van der Waals surface area contributed by atoms with Gasteiger partial charge < -0.3 is 14.6 Å². The molecule has 0 spiro atoms. The van der Waals surface area contributed by atoms with Gasteiger partial charge in [0.15, 0.2) is 0 Å². The summed E-state index contributed by atoms with van der Waals surface area (Å²) in [6, 6.07) is 57.8. The second-order valence-corrected chi connectivity index (χ2v) is 12.4. The van der Waals surface area contributed by atoms with E-state index in [1.54, 1.807) is 0 Å². The van der Waals surface area contributed by atoms with Crippen molar-refractivity contribution in [3.8, 4) is 22.4 Å². The number of anilines is 3. The van der Waals surface area contributed by atoms with Gasteiger partial charge in [0.1, 0.15) is 17.3 Å². The van der Waals surface area contributed by atoms with Crippen LogP contribution in [0, 0.1) is 0 Å². The molecule has 0 radical (unpaired) electrons. The van der Waals surface area contributed by atoms with Gasteiger partial charge in [-0.3, -0.25) is 0 Å². The summed E-state index contributed by atoms with van der Waals surface area (Å²) in [5, 5.41) is 9.29. The fourth-order valence-corrected chi connectivity index (χ4v) is 7.41. The highest BCUT2D eigenvalue weighted by atomic mass is 16.3. The number of aromatic nitrogens is 1. The molecule has 3 heterocycles. The van der Waals surface area contributed by atoms with E-state index in [9.17, 15) is 0 Å². The molecule has 1 aliphatic heterocycles. The molecule has 0 saturated heterocycles. The second kappa shape index (κ2) is 10.6. The number of benzene rings is 7. The van der Waals surface area contributed by atoms with Crippen LogP contribution < -0.4 is 10.2 Å². The van der Waals surface area contributed by atoms with Crippen LogP contribution in [0.1, 0.15) is 11.7 Å². The zero-order valence-electron chi connectivity index (χ0n) is 26.0. The van der Waals surface area contributed by atoms with Gasteiger partial charge in [-0.15, -0.1) is 0 Å². The third-order valence-corrected chi connectivity index (χ3v) is 9.65. The van der Waals surface area contributed by atoms with Crippen LogP contribution in [0.5, 0.6) is 0 Å². The lowest BCUT2D eigenvalue weighted by Gasteiger charge is -2.28. The highest BCUT2D eigenvalue weighted by Gasteiger charge is 2.31. The predicted octanol–water partition coefficient (Wildman–Crippen LogP) is 11.9. The summed E-state index contributed by atoms with van der Waals surface area (Å²) >= 11 is 0. The van der Waals surface area contributed by atoms with E-state index in [1.165, 1.54) is 11.3 Å². The summed E-state index contributed by atoms with van der Waals surface area (Å²) in [5.41, 5.74) is 11.8. The van der Waals surface area contributed by atoms with Crippen molar-refractivity contribution < 1.29 is 4.42 Å². The zero-order chi connectivity index (χ0) is 31.6. The first kappa shape index (κ1) is 26.8. The number of nitrogens with zero attached hydrogens (tertiary/aromatic N) is 2. The third-order valence-electron chi connectivity index (χ3n) is 9.65. The Morgan fingerprint density at radius 3 is 2.17 bits per heavy atom. The van der Waals surface area contributed by atoms with Crippen LogP contribution in [0.2, 0.25) is 0 Å². The summed E-state index contributed by atoms with van der Waals surface area (Å²) in [7, 11) is 0. The van der Waals surface area contributed by atoms with E-state index in [0.717, 1.165) is 77.4 Å². The van der Waals surface area contributed by atoms with Gasteiger partial charge in [-0.1, -0.05) is 121 Å². The molecule has 1 aliphatic rings. The maximum Gasteiger partial charge on any atom is 0.144 e. The minimum atomic E-state index is 0.00621. The van der Waals surface area contributed by atoms with Crippen molar-refractivity contribution in [3.63, 3.8) is 0 Å². The SMILES string of the molecule is c1ccc(C2Nc3ccccc3N2c2cccc(-c3ccc(-c4nc5ccccc5c5c4ccc4c6ccccc6oc45)cc3)c2)cc1. The normalized spacial score (nSPS) is 14.2. The molecule has 48 heavy (non-hydrogen) atoms. The van der Waals surface area contributed by atoms with E-state index < -0.39 is 0 Å². The van der Waals surface area contributed by atoms with E-state index >= 15 is 0 Å². The summed E-state index contributed by atoms with van der Waals surface area (Å²) in [6.07, 6.45) is 0.00621. The second-order valence-electron chi connectivity index (χ2n) is 12.4. The van der Waals surface area contributed by atoms with Gasteiger partial charge in [-0.25, -0.2) is 4.98 Å². The lowest BCUT2D eigenvalue weighted by Crippen LogP contribution is -2.23. The number of fused-ring (bicyclic) bond motifs is 8. The van der Waals surface area contributed by atoms with E-state index in [-0.39, 0.29) is 6.17 Å². The van der Waals surface area contributed by atoms with Crippen molar-refractivity contribution in [2.24, 2.45) is 0 Å². The number of rotatable bonds is 4. The molecule has 0 bridgehead atoms. The van der Waals surface area contributed by atoms with Crippen LogP contribution in [0.15, 0.2) is 168 Å². The molecule has 1 atom stereocenters. The van der Waals surface area contributed by atoms with Crippen LogP contribution in [-0.2, 0) is 0 Å². The Hall–Kier alpha value is -6.39. The fraction of sp³-hybridized carbons (Fsp3) is 0.0227. The minimum absolute atomic E-state index is 0.00621. The topological polar surface area (TPSA) is 41.3 Å². The average molecular weight is 616 g/mol. The van der Waals surface area contributed by atoms with Crippen LogP contribution in [-0.4, -0.2) is 4.98 Å². The highest BCUT2D eigenvalue weighted by molar-refractivity contribution is 6.24. The molecule has 0 saturated carbocycles. The van der Waals surface area contributed by atoms with Gasteiger partial charge in [0.25, 0.3) is 0 Å². The van der Waals surface area contributed by atoms with Crippen molar-refractivity contribution in [2.45, 2.75) is 6.17 Å². The Kier molecular flexibility index (Phi) is 5.90. The Balaban J connectivity index is 1.07. The van der Waals surface area contributed by atoms with Gasteiger partial charge in [-0.2, -0.15) is 0 Å². The van der Waals surface area contributed by atoms with Crippen molar-refractivity contribution in [1.29, 1.82) is 0 Å². The third kappa shape index (κ3) is 4.13. The summed E-state index contributed by atoms with van der Waals surface area (Å²) in [5.74, 6) is 0. The molecule has 4 heteroatoms. The molecule has 7 aromatic carbocycles. The molecule has 1 N–H and O–H groups in total. The average Bonchev–Trinajstić information content (AvgIpc) is 3.74. The molecule has 226 valence electrons. The molecular weight excluding hydrogens is 587 g/mol. The molecular formula is C44H29N3O. The van der Waals surface area contributed by atoms with E-state index in [2.05, 4.69) is 162 Å². The summed E-state index contributed by atoms with van der Waals surface area (Å²) in [4.78, 5) is 7.60. The Labute approximate surface area is 277 Å². The maximum absolute atomic E-state index is 6.52. The Morgan fingerprint density at radius 2 is 1.27 bits per heavy atom. The Bertz CT molecular complexity index is 2660. The zero-order valence-corrected chi connectivity index (χ0v) is 26.0. The number of nitrogens with one attached hydrogen (secondary N) is 1. The fourth-order valence-electron chi connectivity index (χ4n) is 7.41. The molecule has 2 aromatic heterocycles. The number of para-hydroxylation sites is 4. The highest BCUT2D eigenvalue weighted by Crippen LogP contribution is 2.47. The largest absolute Gasteiger partial charge is 0.455 e. The van der Waals surface area contributed by atoms with Crippen LogP contribution in [0.4, 0.5) is 17.1 Å². The molecule has 0 amide bonds. The molecule has 10 rings (SSSR count). The van der Waals surface area contributed by atoms with Crippen molar-refractivity contribution in [1.82, 2.24) is 4.98 Å². The standard InChI is InChI=1S/C44H29N3O/c1-2-11-30(12-3-1)44-46-38-18-7-8-19-39(38)47(44)32-14-10-13-31(27-32)28-21-23-29(24-22-28)42-36-26-25-34-33-15-5-9-20-40(33)48-43(34)41(36)35-16-4-6-17-37(35)45-42/h1-27,44,46H. The maximum atomic E-state index is 6.52. The van der Waals surface area contributed by atoms with Crippen molar-refractivity contribution in [2.75, 3.05) is 10.2 Å². The quantitative estimate of drug-likeness (QED) is 0.200. The number of hydrogen-bond donors (Lipinski definition) is 1. The first-order valence-electron chi connectivity index (χ1n) is 16.3. The van der Waals surface area contributed by atoms with Crippen molar-refractivity contribution >= 4 is 60.7 Å². The predicted molar refractivity (Wildman–Crippen MR) is 199 cm³/mol. The van der Waals surface area contributed by atoms with Crippen LogP contribution in [0.3, 0.4) is 0 Å². The van der Waals surface area contributed by atoms with Crippen molar-refractivity contribution in [3.05, 3.63) is 169 Å². The number of hydrogen-bond acceptors (Lipinski definition) is 4. The minimum Gasteiger partial charge on any atom is -0.455 e. The number of pyridine rings is 1. The van der Waals surface area contributed by atoms with Gasteiger partial charge in [0, 0.05) is 38.2 Å². The van der Waals surface area contributed by atoms with E-state index in [4.69, 9.17) is 9.40 Å². The van der Waals surface area contributed by atoms with Gasteiger partial charge in [0.05, 0.1) is 22.6 Å². The lowest BCUT2D eigenvalue weighted by molar-refractivity contribution is 0.673. The monoisotopic (exact) mass is 615 g/mol. The molecule has 0 fully saturated rings. The van der Waals surface area contributed by atoms with Gasteiger partial charge in [-0.05, 0) is 59.2 Å². The summed E-state index contributed by atoms with van der Waals surface area (Å²) in [6.45, 7) is 0. The molecule has 4 nitrogen and oxygen atoms in total. The van der Waals surface area contributed by atoms with Gasteiger partial charge in [0.2, 0.25) is 0 Å². The lowest BCUT2D eigenvalue weighted by atomic mass is 9.96. The number of furan rings is 1. The smallest absolute Gasteiger partial charge is 0.144 e. The first-order chi connectivity index (χ1) is 23.8. The van der Waals surface area contributed by atoms with Crippen LogP contribution in [0.25, 0.3) is 66.0 Å². The molecule has 0 aliphatic carbocycles. The molecule has 9 aromatic rings. The first-order valence-corrected chi connectivity index (χ1v) is 16.3. The van der Waals surface area contributed by atoms with E-state index in [0.29, 0.717) is 0 Å². The van der Waals surface area contributed by atoms with Crippen LogP contribution >= 0.6 is 0 Å².